The number of methoxy groups -OCH3 is 1. The normalized spacial score (nSPS) is 10.4. The lowest BCUT2D eigenvalue weighted by Crippen LogP contribution is -2.15. The van der Waals surface area contributed by atoms with E-state index in [0.717, 1.165) is 4.47 Å². The number of rotatable bonds is 6. The summed E-state index contributed by atoms with van der Waals surface area (Å²) in [5.74, 6) is 0.523. The Kier molecular flexibility index (Phi) is 5.41. The average molecular weight is 353 g/mol. The molecule has 1 aromatic heterocycles. The molecule has 21 heavy (non-hydrogen) atoms. The minimum atomic E-state index is -0.169. The zero-order valence-electron chi connectivity index (χ0n) is 11.9. The Bertz CT molecular complexity index is 625. The number of halogens is 1. The molecule has 0 atom stereocenters. The van der Waals surface area contributed by atoms with E-state index in [-0.39, 0.29) is 5.91 Å². The second-order valence-electron chi connectivity index (χ2n) is 4.48. The molecule has 0 spiro atoms. The standard InChI is InChI=1S/C15H17BrN2O3/c1-18-10-11(16)8-14(18)15(19)17-12-4-3-5-13(9-12)21-7-6-20-2/h3-5,8-10H,6-7H2,1-2H3,(H,17,19). The van der Waals surface area contributed by atoms with Crippen LogP contribution in [0.5, 0.6) is 5.75 Å². The summed E-state index contributed by atoms with van der Waals surface area (Å²) in [6.07, 6.45) is 1.83. The number of aryl methyl sites for hydroxylation is 1. The van der Waals surface area contributed by atoms with Gasteiger partial charge in [-0.05, 0) is 34.1 Å². The molecule has 1 N–H and O–H groups in total. The summed E-state index contributed by atoms with van der Waals surface area (Å²) in [6.45, 7) is 0.993. The molecule has 1 amide bonds. The van der Waals surface area contributed by atoms with Crippen LogP contribution in [0, 0.1) is 0 Å². The maximum Gasteiger partial charge on any atom is 0.272 e. The van der Waals surface area contributed by atoms with Gasteiger partial charge in [-0.25, -0.2) is 0 Å². The maximum absolute atomic E-state index is 12.2. The summed E-state index contributed by atoms with van der Waals surface area (Å²) in [7, 11) is 3.45. The van der Waals surface area contributed by atoms with E-state index in [1.807, 2.05) is 31.4 Å². The first kappa shape index (κ1) is 15.6. The summed E-state index contributed by atoms with van der Waals surface area (Å²) in [6, 6.07) is 9.04. The van der Waals surface area contributed by atoms with Crippen molar-refractivity contribution in [1.29, 1.82) is 0 Å². The smallest absolute Gasteiger partial charge is 0.272 e. The Morgan fingerprint density at radius 1 is 1.33 bits per heavy atom. The molecule has 0 radical (unpaired) electrons. The highest BCUT2D eigenvalue weighted by Crippen LogP contribution is 2.19. The Hall–Kier alpha value is -1.79. The molecule has 0 unspecified atom stereocenters. The number of carbonyl (C=O) groups is 1. The van der Waals surface area contributed by atoms with Gasteiger partial charge in [-0.1, -0.05) is 6.07 Å². The maximum atomic E-state index is 12.2. The minimum absolute atomic E-state index is 0.169. The summed E-state index contributed by atoms with van der Waals surface area (Å²) in [5.41, 5.74) is 1.26. The van der Waals surface area contributed by atoms with Crippen molar-refractivity contribution in [2.75, 3.05) is 25.6 Å². The molecule has 0 aliphatic rings. The molecule has 0 aliphatic carbocycles. The van der Waals surface area contributed by atoms with Crippen LogP contribution in [-0.4, -0.2) is 30.8 Å². The SMILES string of the molecule is COCCOc1cccc(NC(=O)c2cc(Br)cn2C)c1. The third-order valence-corrected chi connectivity index (χ3v) is 3.29. The summed E-state index contributed by atoms with van der Waals surface area (Å²) < 4.78 is 13.1. The van der Waals surface area contributed by atoms with Crippen LogP contribution in [0.1, 0.15) is 10.5 Å². The average Bonchev–Trinajstić information content (AvgIpc) is 2.78. The Labute approximate surface area is 132 Å². The highest BCUT2D eigenvalue weighted by molar-refractivity contribution is 9.10. The van der Waals surface area contributed by atoms with Crippen LogP contribution in [0.2, 0.25) is 0 Å². The lowest BCUT2D eigenvalue weighted by molar-refractivity contribution is 0.101. The molecular formula is C15H17BrN2O3. The molecule has 0 aliphatic heterocycles. The van der Waals surface area contributed by atoms with E-state index in [1.165, 1.54) is 0 Å². The Balaban J connectivity index is 2.04. The van der Waals surface area contributed by atoms with Crippen LogP contribution in [-0.2, 0) is 11.8 Å². The molecule has 1 aromatic carbocycles. The fourth-order valence-corrected chi connectivity index (χ4v) is 2.38. The first-order valence-electron chi connectivity index (χ1n) is 6.45. The van der Waals surface area contributed by atoms with Gasteiger partial charge in [-0.3, -0.25) is 4.79 Å². The lowest BCUT2D eigenvalue weighted by atomic mass is 10.3. The number of aromatic nitrogens is 1. The number of nitrogens with zero attached hydrogens (tertiary/aromatic N) is 1. The zero-order valence-corrected chi connectivity index (χ0v) is 13.5. The predicted molar refractivity (Wildman–Crippen MR) is 84.9 cm³/mol. The fraction of sp³-hybridized carbons (Fsp3) is 0.267. The lowest BCUT2D eigenvalue weighted by Gasteiger charge is -2.09. The van der Waals surface area contributed by atoms with E-state index in [2.05, 4.69) is 21.2 Å². The van der Waals surface area contributed by atoms with Crippen LogP contribution in [0.25, 0.3) is 0 Å². The van der Waals surface area contributed by atoms with Crippen molar-refractivity contribution in [1.82, 2.24) is 4.57 Å². The Morgan fingerprint density at radius 2 is 2.14 bits per heavy atom. The second-order valence-corrected chi connectivity index (χ2v) is 5.39. The van der Waals surface area contributed by atoms with Crippen molar-refractivity contribution in [2.45, 2.75) is 0 Å². The molecule has 2 rings (SSSR count). The second kappa shape index (κ2) is 7.28. The van der Waals surface area contributed by atoms with Crippen molar-refractivity contribution in [3.63, 3.8) is 0 Å². The molecule has 5 nitrogen and oxygen atoms in total. The number of benzene rings is 1. The van der Waals surface area contributed by atoms with Gasteiger partial charge in [0.2, 0.25) is 0 Å². The molecule has 0 saturated carbocycles. The predicted octanol–water partition coefficient (Wildman–Crippen LogP) is 3.07. The van der Waals surface area contributed by atoms with E-state index in [0.29, 0.717) is 30.3 Å². The largest absolute Gasteiger partial charge is 0.491 e. The van der Waals surface area contributed by atoms with Gasteiger partial charge in [0.25, 0.3) is 5.91 Å². The third kappa shape index (κ3) is 4.34. The van der Waals surface area contributed by atoms with E-state index < -0.39 is 0 Å². The van der Waals surface area contributed by atoms with Crippen molar-refractivity contribution >= 4 is 27.5 Å². The summed E-state index contributed by atoms with van der Waals surface area (Å²) in [4.78, 5) is 12.2. The number of amides is 1. The molecule has 112 valence electrons. The van der Waals surface area contributed by atoms with Crippen LogP contribution >= 0.6 is 15.9 Å². The molecule has 2 aromatic rings. The third-order valence-electron chi connectivity index (χ3n) is 2.85. The Morgan fingerprint density at radius 3 is 2.81 bits per heavy atom. The van der Waals surface area contributed by atoms with Crippen molar-refractivity contribution < 1.29 is 14.3 Å². The van der Waals surface area contributed by atoms with E-state index in [1.54, 1.807) is 23.8 Å². The van der Waals surface area contributed by atoms with Gasteiger partial charge in [0.1, 0.15) is 18.1 Å². The number of carbonyl (C=O) groups excluding carboxylic acids is 1. The van der Waals surface area contributed by atoms with Crippen molar-refractivity contribution in [3.8, 4) is 5.75 Å². The monoisotopic (exact) mass is 352 g/mol. The van der Waals surface area contributed by atoms with Gasteiger partial charge >= 0.3 is 0 Å². The first-order valence-corrected chi connectivity index (χ1v) is 7.24. The van der Waals surface area contributed by atoms with Gasteiger partial charge < -0.3 is 19.4 Å². The van der Waals surface area contributed by atoms with Crippen LogP contribution < -0.4 is 10.1 Å². The molecule has 1 heterocycles. The number of anilines is 1. The number of hydrogen-bond donors (Lipinski definition) is 1. The van der Waals surface area contributed by atoms with Gasteiger partial charge in [-0.15, -0.1) is 0 Å². The van der Waals surface area contributed by atoms with Crippen LogP contribution in [0.3, 0.4) is 0 Å². The van der Waals surface area contributed by atoms with Crippen molar-refractivity contribution in [2.24, 2.45) is 7.05 Å². The van der Waals surface area contributed by atoms with E-state index >= 15 is 0 Å². The summed E-state index contributed by atoms with van der Waals surface area (Å²) in [5, 5.41) is 2.85. The first-order chi connectivity index (χ1) is 10.1. The molecule has 0 saturated heterocycles. The molecule has 6 heteroatoms. The van der Waals surface area contributed by atoms with E-state index in [9.17, 15) is 4.79 Å². The highest BCUT2D eigenvalue weighted by Gasteiger charge is 2.11. The highest BCUT2D eigenvalue weighted by atomic mass is 79.9. The van der Waals surface area contributed by atoms with Gasteiger partial charge in [0.05, 0.1) is 6.61 Å². The minimum Gasteiger partial charge on any atom is -0.491 e. The fourth-order valence-electron chi connectivity index (χ4n) is 1.85. The van der Waals surface area contributed by atoms with E-state index in [4.69, 9.17) is 9.47 Å². The quantitative estimate of drug-likeness (QED) is 0.812. The molecular weight excluding hydrogens is 336 g/mol. The number of nitrogens with one attached hydrogen (secondary N) is 1. The number of hydrogen-bond acceptors (Lipinski definition) is 3. The zero-order chi connectivity index (χ0) is 15.2. The van der Waals surface area contributed by atoms with Gasteiger partial charge in [-0.2, -0.15) is 0 Å². The molecule has 0 bridgehead atoms. The van der Waals surface area contributed by atoms with Crippen LogP contribution in [0.15, 0.2) is 41.0 Å². The van der Waals surface area contributed by atoms with Crippen LogP contribution in [0.4, 0.5) is 5.69 Å². The molecule has 0 fully saturated rings. The van der Waals surface area contributed by atoms with Gasteiger partial charge in [0.15, 0.2) is 0 Å². The topological polar surface area (TPSA) is 52.5 Å². The van der Waals surface area contributed by atoms with Crippen molar-refractivity contribution in [3.05, 3.63) is 46.7 Å². The van der Waals surface area contributed by atoms with Gasteiger partial charge in [0, 0.05) is 36.6 Å². The number of ether oxygens (including phenoxy) is 2. The summed E-state index contributed by atoms with van der Waals surface area (Å²) >= 11 is 3.35.